The van der Waals surface area contributed by atoms with Crippen molar-refractivity contribution in [2.45, 2.75) is 32.3 Å². The van der Waals surface area contributed by atoms with Gasteiger partial charge in [0.25, 0.3) is 0 Å². The monoisotopic (exact) mass is 263 g/mol. The fourth-order valence-corrected chi connectivity index (χ4v) is 1.47. The summed E-state index contributed by atoms with van der Waals surface area (Å²) in [5.74, 6) is -0.217. The number of halogens is 3. The lowest BCUT2D eigenvalue weighted by molar-refractivity contribution is -0.274. The number of para-hydroxylation sites is 1. The molecular formula is C12H16F3NO2. The molecule has 0 saturated carbocycles. The smallest absolute Gasteiger partial charge is 0.405 e. The molecule has 0 aliphatic carbocycles. The summed E-state index contributed by atoms with van der Waals surface area (Å²) >= 11 is 0. The van der Waals surface area contributed by atoms with E-state index in [1.165, 1.54) is 12.1 Å². The first-order chi connectivity index (χ1) is 8.46. The number of benzene rings is 1. The van der Waals surface area contributed by atoms with Crippen molar-refractivity contribution < 1.29 is 23.0 Å². The van der Waals surface area contributed by atoms with Crippen LogP contribution in [0.5, 0.6) is 5.75 Å². The number of alkyl halides is 3. The van der Waals surface area contributed by atoms with E-state index < -0.39 is 6.36 Å². The fourth-order valence-electron chi connectivity index (χ4n) is 1.47. The molecule has 0 bridgehead atoms. The Balaban J connectivity index is 2.70. The van der Waals surface area contributed by atoms with E-state index in [2.05, 4.69) is 10.1 Å². The summed E-state index contributed by atoms with van der Waals surface area (Å²) in [6.07, 6.45) is -4.00. The molecule has 102 valence electrons. The van der Waals surface area contributed by atoms with Gasteiger partial charge >= 0.3 is 6.36 Å². The van der Waals surface area contributed by atoms with Gasteiger partial charge in [-0.15, -0.1) is 13.2 Å². The van der Waals surface area contributed by atoms with Gasteiger partial charge in [-0.25, -0.2) is 0 Å². The summed E-state index contributed by atoms with van der Waals surface area (Å²) in [5, 5.41) is 12.0. The van der Waals surface area contributed by atoms with Crippen molar-refractivity contribution >= 4 is 0 Å². The van der Waals surface area contributed by atoms with Crippen LogP contribution in [-0.4, -0.2) is 24.1 Å². The minimum absolute atomic E-state index is 0.0568. The summed E-state index contributed by atoms with van der Waals surface area (Å²) < 4.78 is 40.4. The zero-order chi connectivity index (χ0) is 13.6. The molecule has 6 heteroatoms. The van der Waals surface area contributed by atoms with E-state index in [9.17, 15) is 13.2 Å². The van der Waals surface area contributed by atoms with E-state index in [0.717, 1.165) is 0 Å². The number of ether oxygens (including phenoxy) is 1. The summed E-state index contributed by atoms with van der Waals surface area (Å²) in [6.45, 7) is 2.04. The van der Waals surface area contributed by atoms with Crippen LogP contribution in [0.25, 0.3) is 0 Å². The predicted molar refractivity (Wildman–Crippen MR) is 61.1 cm³/mol. The Morgan fingerprint density at radius 1 is 1.33 bits per heavy atom. The molecule has 18 heavy (non-hydrogen) atoms. The molecule has 2 N–H and O–H groups in total. The molecule has 3 nitrogen and oxygen atoms in total. The van der Waals surface area contributed by atoms with Gasteiger partial charge in [0.05, 0.1) is 6.61 Å². The van der Waals surface area contributed by atoms with Gasteiger partial charge in [0.15, 0.2) is 0 Å². The lowest BCUT2D eigenvalue weighted by Gasteiger charge is -2.17. The van der Waals surface area contributed by atoms with Crippen molar-refractivity contribution in [3.63, 3.8) is 0 Å². The number of hydrogen-bond acceptors (Lipinski definition) is 3. The topological polar surface area (TPSA) is 41.5 Å². The average molecular weight is 263 g/mol. The molecule has 0 unspecified atom stereocenters. The van der Waals surface area contributed by atoms with Gasteiger partial charge in [0.1, 0.15) is 5.75 Å². The van der Waals surface area contributed by atoms with Crippen LogP contribution in [0.3, 0.4) is 0 Å². The van der Waals surface area contributed by atoms with Crippen LogP contribution in [0.1, 0.15) is 18.9 Å². The second kappa shape index (κ2) is 6.61. The number of aliphatic hydroxyl groups is 1. The second-order valence-corrected chi connectivity index (χ2v) is 3.82. The summed E-state index contributed by atoms with van der Waals surface area (Å²) in [5.41, 5.74) is 0.404. The molecule has 0 amide bonds. The molecule has 0 fully saturated rings. The van der Waals surface area contributed by atoms with Crippen LogP contribution in [0.15, 0.2) is 24.3 Å². The zero-order valence-electron chi connectivity index (χ0n) is 10.00. The lowest BCUT2D eigenvalue weighted by atomic mass is 10.1. The average Bonchev–Trinajstić information content (AvgIpc) is 2.30. The SMILES string of the molecule is CC[C@H](CO)NCc1ccccc1OC(F)(F)F. The van der Waals surface area contributed by atoms with Crippen molar-refractivity contribution in [1.29, 1.82) is 0 Å². The Hall–Kier alpha value is -1.27. The standard InChI is InChI=1S/C12H16F3NO2/c1-2-10(8-17)16-7-9-5-3-4-6-11(9)18-12(13,14)15/h3-6,10,16-17H,2,7-8H2,1H3/t10-/m1/s1. The quantitative estimate of drug-likeness (QED) is 0.828. The number of aliphatic hydroxyl groups excluding tert-OH is 1. The van der Waals surface area contributed by atoms with Crippen LogP contribution < -0.4 is 10.1 Å². The van der Waals surface area contributed by atoms with Gasteiger partial charge in [-0.1, -0.05) is 25.1 Å². The highest BCUT2D eigenvalue weighted by Crippen LogP contribution is 2.26. The first kappa shape index (κ1) is 14.8. The maximum Gasteiger partial charge on any atom is 0.573 e. The molecule has 1 rings (SSSR count). The Morgan fingerprint density at radius 2 is 2.00 bits per heavy atom. The Kier molecular flexibility index (Phi) is 5.43. The van der Waals surface area contributed by atoms with E-state index in [1.807, 2.05) is 6.92 Å². The van der Waals surface area contributed by atoms with Crippen LogP contribution in [-0.2, 0) is 6.54 Å². The second-order valence-electron chi connectivity index (χ2n) is 3.82. The van der Waals surface area contributed by atoms with Crippen molar-refractivity contribution in [3.8, 4) is 5.75 Å². The molecule has 1 atom stereocenters. The fraction of sp³-hybridized carbons (Fsp3) is 0.500. The molecule has 1 aromatic rings. The minimum Gasteiger partial charge on any atom is -0.405 e. The van der Waals surface area contributed by atoms with Crippen LogP contribution in [0.2, 0.25) is 0 Å². The van der Waals surface area contributed by atoms with Gasteiger partial charge in [0, 0.05) is 18.2 Å². The van der Waals surface area contributed by atoms with Crippen molar-refractivity contribution in [3.05, 3.63) is 29.8 Å². The van der Waals surface area contributed by atoms with Crippen LogP contribution in [0, 0.1) is 0 Å². The number of hydrogen-bond donors (Lipinski definition) is 2. The van der Waals surface area contributed by atoms with Gasteiger partial charge in [-0.05, 0) is 12.5 Å². The van der Waals surface area contributed by atoms with E-state index in [1.54, 1.807) is 12.1 Å². The summed E-state index contributed by atoms with van der Waals surface area (Å²) in [4.78, 5) is 0. The molecule has 0 spiro atoms. The van der Waals surface area contributed by atoms with Gasteiger partial charge in [-0.3, -0.25) is 0 Å². The van der Waals surface area contributed by atoms with Crippen molar-refractivity contribution in [1.82, 2.24) is 5.32 Å². The van der Waals surface area contributed by atoms with Crippen molar-refractivity contribution in [2.75, 3.05) is 6.61 Å². The van der Waals surface area contributed by atoms with E-state index in [-0.39, 0.29) is 24.9 Å². The van der Waals surface area contributed by atoms with Crippen LogP contribution >= 0.6 is 0 Å². The molecule has 0 aromatic heterocycles. The molecule has 0 heterocycles. The van der Waals surface area contributed by atoms with Crippen molar-refractivity contribution in [2.24, 2.45) is 0 Å². The van der Waals surface area contributed by atoms with Gasteiger partial charge in [0.2, 0.25) is 0 Å². The first-order valence-corrected chi connectivity index (χ1v) is 5.64. The van der Waals surface area contributed by atoms with Gasteiger partial charge in [-0.2, -0.15) is 0 Å². The Labute approximate surface area is 104 Å². The third kappa shape index (κ3) is 4.93. The van der Waals surface area contributed by atoms with E-state index in [4.69, 9.17) is 5.11 Å². The highest BCUT2D eigenvalue weighted by molar-refractivity contribution is 5.33. The first-order valence-electron chi connectivity index (χ1n) is 5.64. The minimum atomic E-state index is -4.70. The third-order valence-corrected chi connectivity index (χ3v) is 2.49. The van der Waals surface area contributed by atoms with Crippen LogP contribution in [0.4, 0.5) is 13.2 Å². The molecule has 0 radical (unpaired) electrons. The maximum absolute atomic E-state index is 12.2. The van der Waals surface area contributed by atoms with E-state index >= 15 is 0 Å². The summed E-state index contributed by atoms with van der Waals surface area (Å²) in [7, 11) is 0. The normalized spacial score (nSPS) is 13.4. The number of nitrogens with one attached hydrogen (secondary N) is 1. The molecule has 0 aliphatic rings. The summed E-state index contributed by atoms with van der Waals surface area (Å²) in [6, 6.07) is 5.81. The third-order valence-electron chi connectivity index (χ3n) is 2.49. The molecule has 0 saturated heterocycles. The number of rotatable bonds is 6. The maximum atomic E-state index is 12.2. The Morgan fingerprint density at radius 3 is 2.56 bits per heavy atom. The zero-order valence-corrected chi connectivity index (χ0v) is 10.00. The largest absolute Gasteiger partial charge is 0.573 e. The highest BCUT2D eigenvalue weighted by atomic mass is 19.4. The molecular weight excluding hydrogens is 247 g/mol. The highest BCUT2D eigenvalue weighted by Gasteiger charge is 2.31. The lowest BCUT2D eigenvalue weighted by Crippen LogP contribution is -2.31. The van der Waals surface area contributed by atoms with E-state index in [0.29, 0.717) is 12.0 Å². The predicted octanol–water partition coefficient (Wildman–Crippen LogP) is 2.45. The molecule has 1 aromatic carbocycles. The molecule has 0 aliphatic heterocycles. The Bertz CT molecular complexity index is 365. The van der Waals surface area contributed by atoms with Gasteiger partial charge < -0.3 is 15.2 Å².